The maximum Gasteiger partial charge on any atom is 0.289 e. The molecule has 2 heterocycles. The van der Waals surface area contributed by atoms with Crippen molar-refractivity contribution in [3.63, 3.8) is 0 Å². The van der Waals surface area contributed by atoms with Gasteiger partial charge in [-0.25, -0.2) is 42.1 Å². The number of anilines is 6. The Morgan fingerprint density at radius 3 is 1.29 bits per heavy atom. The van der Waals surface area contributed by atoms with Gasteiger partial charge in [-0.05, 0) is 199 Å². The van der Waals surface area contributed by atoms with Crippen LogP contribution in [0.25, 0.3) is 22.3 Å². The molecule has 0 spiro atoms. The van der Waals surface area contributed by atoms with Gasteiger partial charge in [0.1, 0.15) is 4.90 Å². The van der Waals surface area contributed by atoms with Gasteiger partial charge in [-0.15, -0.1) is 0 Å². The van der Waals surface area contributed by atoms with Gasteiger partial charge in [-0.3, -0.25) is 34.4 Å². The zero-order valence-electron chi connectivity index (χ0n) is 60.2. The number of nitro groups is 2. The Morgan fingerprint density at radius 1 is 0.407 bits per heavy atom. The molecule has 0 radical (unpaired) electrons. The van der Waals surface area contributed by atoms with Crippen LogP contribution in [0.4, 0.5) is 45.5 Å². The first-order valence-corrected chi connectivity index (χ1v) is 42.2. The number of nitrogens with one attached hydrogen (secondary N) is 3. The predicted octanol–water partition coefficient (Wildman–Crippen LogP) is 16.4. The largest absolute Gasteiger partial charge is 0.399 e. The van der Waals surface area contributed by atoms with Crippen LogP contribution in [-0.2, 0) is 59.2 Å². The van der Waals surface area contributed by atoms with Gasteiger partial charge in [0.15, 0.2) is 9.79 Å². The molecule has 31 heteroatoms. The molecule has 0 fully saturated rings. The van der Waals surface area contributed by atoms with E-state index >= 15 is 0 Å². The van der Waals surface area contributed by atoms with E-state index in [-0.39, 0.29) is 31.0 Å². The second-order valence-electron chi connectivity index (χ2n) is 25.1. The molecule has 0 bridgehead atoms. The summed E-state index contributed by atoms with van der Waals surface area (Å²) in [6.45, 7) is 20.7. The third-order valence-electron chi connectivity index (χ3n) is 16.9. The van der Waals surface area contributed by atoms with Crippen LogP contribution in [0, 0.1) is 96.4 Å². The third-order valence-corrected chi connectivity index (χ3v) is 26.7. The number of hydrogen-bond donors (Lipinski definition) is 5. The molecule has 2 aliphatic rings. The van der Waals surface area contributed by atoms with Crippen LogP contribution in [0.5, 0.6) is 0 Å². The molecule has 2 aliphatic heterocycles. The zero-order valence-corrected chi connectivity index (χ0v) is 65.9. The lowest BCUT2D eigenvalue weighted by Gasteiger charge is -2.33. The Labute approximate surface area is 634 Å². The summed E-state index contributed by atoms with van der Waals surface area (Å²) in [6, 6.07) is 60.9. The van der Waals surface area contributed by atoms with Gasteiger partial charge >= 0.3 is 0 Å². The second-order valence-corrected chi connectivity index (χ2v) is 36.4. The van der Waals surface area contributed by atoms with Crippen LogP contribution in [-0.4, -0.2) is 60.4 Å². The molecule has 564 valence electrons. The number of fused-ring (bicyclic) bond motifs is 6. The molecule has 11 aromatic carbocycles. The van der Waals surface area contributed by atoms with E-state index < -0.39 is 85.3 Å². The molecule has 7 N–H and O–H groups in total. The van der Waals surface area contributed by atoms with E-state index in [4.69, 9.17) is 22.1 Å². The van der Waals surface area contributed by atoms with Gasteiger partial charge in [-0.1, -0.05) is 151 Å². The number of hydrogen-bond acceptors (Lipinski definition) is 18. The summed E-state index contributed by atoms with van der Waals surface area (Å²) in [4.78, 5) is 19.3. The van der Waals surface area contributed by atoms with Crippen molar-refractivity contribution in [3.8, 4) is 22.3 Å². The Hall–Kier alpha value is -11.0. The molecule has 0 aliphatic carbocycles. The normalized spacial score (nSPS) is 12.8. The van der Waals surface area contributed by atoms with Crippen LogP contribution in [0.2, 0.25) is 0 Å². The minimum atomic E-state index is -4.34. The van der Waals surface area contributed by atoms with Crippen molar-refractivity contribution >= 4 is 115 Å². The minimum absolute atomic E-state index is 0.00751. The highest BCUT2D eigenvalue weighted by Gasteiger charge is 2.44. The quantitative estimate of drug-likeness (QED) is 0.0347. The fourth-order valence-corrected chi connectivity index (χ4v) is 20.1. The van der Waals surface area contributed by atoms with E-state index in [2.05, 4.69) is 20.2 Å². The van der Waals surface area contributed by atoms with Gasteiger partial charge in [0, 0.05) is 50.8 Å². The first-order chi connectivity index (χ1) is 50.5. The zero-order chi connectivity index (χ0) is 79.8. The number of nitrogen functional groups attached to an aromatic ring is 2. The number of aryl methyl sites for hydroxylation is 11. The highest BCUT2D eigenvalue weighted by atomic mass is 35.7. The van der Waals surface area contributed by atoms with Gasteiger partial charge in [-0.2, -0.15) is 12.1 Å². The molecule has 0 atom stereocenters. The van der Waals surface area contributed by atoms with Crippen LogP contribution in [0.3, 0.4) is 0 Å². The first-order valence-electron chi connectivity index (χ1n) is 32.6. The summed E-state index contributed by atoms with van der Waals surface area (Å²) in [7, 11) is -18.8. The maximum atomic E-state index is 13.5. The number of para-hydroxylation sites is 3. The topological polar surface area (TPSA) is 382 Å². The lowest BCUT2D eigenvalue weighted by atomic mass is 9.96. The van der Waals surface area contributed by atoms with Crippen molar-refractivity contribution in [2.75, 3.05) is 29.3 Å². The molecule has 0 unspecified atom stereocenters. The van der Waals surface area contributed by atoms with E-state index in [1.54, 1.807) is 98.8 Å². The lowest BCUT2D eigenvalue weighted by Crippen LogP contribution is -2.40. The fourth-order valence-electron chi connectivity index (χ4n) is 11.1. The van der Waals surface area contributed by atoms with Crippen molar-refractivity contribution in [1.82, 2.24) is 0 Å². The number of benzene rings is 11. The van der Waals surface area contributed by atoms with Crippen LogP contribution < -0.4 is 29.3 Å². The van der Waals surface area contributed by atoms with Crippen molar-refractivity contribution in [2.24, 2.45) is 0 Å². The highest BCUT2D eigenvalue weighted by Crippen LogP contribution is 2.49. The lowest BCUT2D eigenvalue weighted by molar-refractivity contribution is -0.388. The predicted molar refractivity (Wildman–Crippen MR) is 425 cm³/mol. The Kier molecular flexibility index (Phi) is 25.6. The monoisotopic (exact) mass is 1600 g/mol. The van der Waals surface area contributed by atoms with E-state index in [9.17, 15) is 70.7 Å². The van der Waals surface area contributed by atoms with E-state index in [0.29, 0.717) is 42.4 Å². The minimum Gasteiger partial charge on any atom is -0.399 e. The van der Waals surface area contributed by atoms with Crippen LogP contribution >= 0.6 is 10.7 Å². The number of nitrogens with zero attached hydrogens (tertiary/aromatic N) is 3. The van der Waals surface area contributed by atoms with Crippen molar-refractivity contribution < 1.29 is 60.4 Å². The first kappa shape index (κ1) is 82.7. The van der Waals surface area contributed by atoms with Gasteiger partial charge in [0.05, 0.1) is 53.0 Å². The standard InChI is InChI=1S/C21H19NO4S2.C14H14N2O4S.C14H16N2O2S.C14H13NO2S.C8H11N.C6H4ClNO4S/c1-14-8-12-17(13-9-14)27(23,24)22-21-16(3)11-10-15(2)20(21)18-6-4-5-7-19(18)28(22,25)26;1-10-7-8-11(2)12(9-10)15-21(19,20)14-6-4-3-5-13(14)16(17)18;1-10-7-8-11(2)13(9-10)16-19(17,18)14-6-4-3-5-12(14)15;1-9-7-8-10(2)14-13(9)11-5-3-4-6-12(11)18(16,17)15-14;1-6-3-4-7(2)8(9)5-6;7-13(11,12)6-4-2-1-3-5(6)8(9)10/h4-13H,1-3H3;3-9,15H,1-2H3;3-9,16H,15H2,1-2H3;3-8,15H,1-2H3;3-5H,9H2,1-2H3;1-4H. The molecule has 24 nitrogen and oxygen atoms in total. The Balaban J connectivity index is 0.000000168. The van der Waals surface area contributed by atoms with Crippen LogP contribution in [0.15, 0.2) is 254 Å². The Morgan fingerprint density at radius 2 is 0.796 bits per heavy atom. The average molecular weight is 1600 g/mol. The molecular formula is C77H77ClN8O16S6. The van der Waals surface area contributed by atoms with Gasteiger partial charge < -0.3 is 11.5 Å². The molecular weight excluding hydrogens is 1520 g/mol. The summed E-state index contributed by atoms with van der Waals surface area (Å²) < 4.78 is 158. The van der Waals surface area contributed by atoms with E-state index in [1.807, 2.05) is 123 Å². The van der Waals surface area contributed by atoms with Crippen molar-refractivity contribution in [3.05, 3.63) is 306 Å². The summed E-state index contributed by atoms with van der Waals surface area (Å²) >= 11 is 0. The SMILES string of the molecule is Cc1ccc(C)c(N)c1.Cc1ccc(C)c(NS(=O)(=O)c2ccccc2N)c1.Cc1ccc(C)c(NS(=O)(=O)c2ccccc2[N+](=O)[O-])c1.Cc1ccc(C)c2c1NS(=O)(=O)c1ccccc1-2.Cc1ccc(S(=O)(=O)N2c3c(C)ccc(C)c3-c3ccccc3S2(=O)=O)cc1.O=[N+]([O-])c1ccccc1S(=O)(=O)Cl. The highest BCUT2D eigenvalue weighted by molar-refractivity contribution is 8.14. The molecule has 13 rings (SSSR count). The summed E-state index contributed by atoms with van der Waals surface area (Å²) in [6.07, 6.45) is 0. The van der Waals surface area contributed by atoms with Gasteiger partial charge in [0.25, 0.3) is 70.5 Å². The number of nitro benzene ring substituents is 2. The number of rotatable bonds is 11. The summed E-state index contributed by atoms with van der Waals surface area (Å²) in [5.41, 5.74) is 26.4. The summed E-state index contributed by atoms with van der Waals surface area (Å²) in [5, 5.41) is 21.3. The van der Waals surface area contributed by atoms with Crippen LogP contribution in [0.1, 0.15) is 61.2 Å². The second kappa shape index (κ2) is 33.4. The third kappa shape index (κ3) is 19.0. The Bertz CT molecular complexity index is 6050. The maximum absolute atomic E-state index is 13.5. The molecule has 108 heavy (non-hydrogen) atoms. The van der Waals surface area contributed by atoms with Crippen molar-refractivity contribution in [1.29, 1.82) is 0 Å². The molecule has 0 saturated carbocycles. The van der Waals surface area contributed by atoms with E-state index in [1.165, 1.54) is 60.2 Å². The molecule has 0 amide bonds. The molecule has 11 aromatic rings. The number of sulfonamides is 5. The smallest absolute Gasteiger partial charge is 0.289 e. The van der Waals surface area contributed by atoms with E-state index in [0.717, 1.165) is 85.1 Å². The number of nitrogens with two attached hydrogens (primary N) is 2. The van der Waals surface area contributed by atoms with Gasteiger partial charge in [0.2, 0.25) is 0 Å². The summed E-state index contributed by atoms with van der Waals surface area (Å²) in [5.74, 6) is 0. The van der Waals surface area contributed by atoms with Crippen molar-refractivity contribution in [2.45, 2.75) is 106 Å². The fraction of sp³-hybridized carbons (Fsp3) is 0.143. The molecule has 0 aromatic heterocycles. The molecule has 0 saturated heterocycles. The number of halogens is 1. The average Bonchev–Trinajstić information content (AvgIpc) is 0.706.